The van der Waals surface area contributed by atoms with Gasteiger partial charge in [0.15, 0.2) is 0 Å². The summed E-state index contributed by atoms with van der Waals surface area (Å²) in [5, 5.41) is 5.18. The largest absolute Gasteiger partial charge is 0.492 e. The first-order valence-electron chi connectivity index (χ1n) is 6.75. The van der Waals surface area contributed by atoms with Gasteiger partial charge in [0.05, 0.1) is 18.3 Å². The van der Waals surface area contributed by atoms with Crippen LogP contribution in [0.5, 0.6) is 5.75 Å². The van der Waals surface area contributed by atoms with E-state index in [9.17, 15) is 4.79 Å². The van der Waals surface area contributed by atoms with Crippen molar-refractivity contribution in [3.05, 3.63) is 54.0 Å². The van der Waals surface area contributed by atoms with E-state index in [1.165, 1.54) is 6.20 Å². The van der Waals surface area contributed by atoms with E-state index in [-0.39, 0.29) is 5.78 Å². The molecule has 3 rings (SSSR count). The van der Waals surface area contributed by atoms with Crippen LogP contribution in [0.3, 0.4) is 0 Å². The van der Waals surface area contributed by atoms with Crippen LogP contribution >= 0.6 is 0 Å². The number of para-hydroxylation sites is 1. The Bertz CT molecular complexity index is 808. The fourth-order valence-corrected chi connectivity index (χ4v) is 2.31. The van der Waals surface area contributed by atoms with E-state index in [0.717, 1.165) is 10.9 Å². The first kappa shape index (κ1) is 13.3. The predicted octanol–water partition coefficient (Wildman–Crippen LogP) is 2.60. The number of hydrogen-bond donors (Lipinski definition) is 0. The summed E-state index contributed by atoms with van der Waals surface area (Å²) in [5.41, 5.74) is 1.84. The van der Waals surface area contributed by atoms with Crippen LogP contribution in [0.2, 0.25) is 0 Å². The summed E-state index contributed by atoms with van der Waals surface area (Å²) in [7, 11) is 1.83. The molecule has 5 nitrogen and oxygen atoms in total. The summed E-state index contributed by atoms with van der Waals surface area (Å²) in [6.07, 6.45) is 3.13. The Morgan fingerprint density at radius 2 is 2.10 bits per heavy atom. The summed E-state index contributed by atoms with van der Waals surface area (Å²) >= 11 is 0. The molecule has 0 saturated heterocycles. The van der Waals surface area contributed by atoms with Gasteiger partial charge in [-0.15, -0.1) is 0 Å². The molecule has 0 atom stereocenters. The van der Waals surface area contributed by atoms with Gasteiger partial charge >= 0.3 is 0 Å². The van der Waals surface area contributed by atoms with Crippen LogP contribution in [0, 0.1) is 0 Å². The number of carbonyl (C=O) groups is 1. The molecule has 3 aromatic rings. The van der Waals surface area contributed by atoms with E-state index >= 15 is 0 Å². The number of carbonyl (C=O) groups excluding carboxylic acids is 1. The Hall–Kier alpha value is -2.69. The van der Waals surface area contributed by atoms with E-state index in [2.05, 4.69) is 10.1 Å². The highest BCUT2D eigenvalue weighted by atomic mass is 16.5. The number of pyridine rings is 1. The zero-order chi connectivity index (χ0) is 14.8. The topological polar surface area (TPSA) is 57.0 Å². The van der Waals surface area contributed by atoms with Crippen molar-refractivity contribution in [1.29, 1.82) is 0 Å². The monoisotopic (exact) mass is 281 g/mol. The number of fused-ring (bicyclic) bond motifs is 1. The van der Waals surface area contributed by atoms with Crippen LogP contribution in [-0.2, 0) is 7.05 Å². The highest BCUT2D eigenvalue weighted by molar-refractivity contribution is 6.14. The van der Waals surface area contributed by atoms with Gasteiger partial charge < -0.3 is 4.74 Å². The Balaban J connectivity index is 2.06. The van der Waals surface area contributed by atoms with Gasteiger partial charge in [0, 0.05) is 24.2 Å². The molecular weight excluding hydrogens is 266 g/mol. The molecule has 0 N–H and O–H groups in total. The Kier molecular flexibility index (Phi) is 3.39. The van der Waals surface area contributed by atoms with Crippen LogP contribution in [-0.4, -0.2) is 27.2 Å². The van der Waals surface area contributed by atoms with Crippen molar-refractivity contribution < 1.29 is 9.53 Å². The third-order valence-corrected chi connectivity index (χ3v) is 3.26. The zero-order valence-electron chi connectivity index (χ0n) is 11.9. The van der Waals surface area contributed by atoms with Crippen molar-refractivity contribution in [3.8, 4) is 5.75 Å². The maximum atomic E-state index is 12.7. The average molecular weight is 281 g/mol. The number of benzene rings is 1. The Labute approximate surface area is 122 Å². The zero-order valence-corrected chi connectivity index (χ0v) is 11.9. The van der Waals surface area contributed by atoms with Crippen molar-refractivity contribution in [3.63, 3.8) is 0 Å². The lowest BCUT2D eigenvalue weighted by Crippen LogP contribution is -2.05. The normalized spacial score (nSPS) is 10.8. The van der Waals surface area contributed by atoms with Crippen molar-refractivity contribution in [2.75, 3.05) is 6.61 Å². The van der Waals surface area contributed by atoms with Crippen molar-refractivity contribution in [2.45, 2.75) is 6.92 Å². The number of ether oxygens (including phenoxy) is 1. The highest BCUT2D eigenvalue weighted by Gasteiger charge is 2.18. The molecule has 0 spiro atoms. The highest BCUT2D eigenvalue weighted by Crippen LogP contribution is 2.21. The number of rotatable bonds is 4. The molecule has 21 heavy (non-hydrogen) atoms. The van der Waals surface area contributed by atoms with Crippen molar-refractivity contribution >= 4 is 16.7 Å². The summed E-state index contributed by atoms with van der Waals surface area (Å²) in [6.45, 7) is 2.42. The Morgan fingerprint density at radius 3 is 2.90 bits per heavy atom. The summed E-state index contributed by atoms with van der Waals surface area (Å²) in [4.78, 5) is 16.7. The number of aromatic nitrogens is 3. The minimum absolute atomic E-state index is 0.152. The maximum Gasteiger partial charge on any atom is 0.215 e. The van der Waals surface area contributed by atoms with Gasteiger partial charge in [-0.1, -0.05) is 18.2 Å². The van der Waals surface area contributed by atoms with Gasteiger partial charge in [0.2, 0.25) is 5.78 Å². The van der Waals surface area contributed by atoms with Gasteiger partial charge in [0.1, 0.15) is 11.4 Å². The van der Waals surface area contributed by atoms with Crippen molar-refractivity contribution in [1.82, 2.24) is 14.8 Å². The van der Waals surface area contributed by atoms with E-state index in [0.29, 0.717) is 23.6 Å². The molecule has 0 aliphatic heterocycles. The second-order valence-corrected chi connectivity index (χ2v) is 4.66. The van der Waals surface area contributed by atoms with Crippen LogP contribution in [0.15, 0.2) is 42.7 Å². The van der Waals surface area contributed by atoms with Crippen LogP contribution < -0.4 is 4.74 Å². The minimum atomic E-state index is -0.152. The quantitative estimate of drug-likeness (QED) is 0.690. The lowest BCUT2D eigenvalue weighted by molar-refractivity contribution is 0.103. The number of ketones is 1. The SMILES string of the molecule is CCOc1cncc(C(=O)c2nn(C)c3ccccc23)c1. The van der Waals surface area contributed by atoms with E-state index in [4.69, 9.17) is 4.74 Å². The van der Waals surface area contributed by atoms with Gasteiger partial charge in [-0.3, -0.25) is 14.5 Å². The third kappa shape index (κ3) is 2.38. The predicted molar refractivity (Wildman–Crippen MR) is 79.6 cm³/mol. The number of hydrogen-bond acceptors (Lipinski definition) is 4. The lowest BCUT2D eigenvalue weighted by Gasteiger charge is -2.03. The maximum absolute atomic E-state index is 12.7. The van der Waals surface area contributed by atoms with Gasteiger partial charge in [0.25, 0.3) is 0 Å². The molecular formula is C16H15N3O2. The second kappa shape index (κ2) is 5.36. The van der Waals surface area contributed by atoms with Gasteiger partial charge in [-0.05, 0) is 19.1 Å². The molecule has 2 aromatic heterocycles. The van der Waals surface area contributed by atoms with E-state index < -0.39 is 0 Å². The molecule has 0 saturated carbocycles. The summed E-state index contributed by atoms with van der Waals surface area (Å²) < 4.78 is 7.10. The fourth-order valence-electron chi connectivity index (χ4n) is 2.31. The summed E-state index contributed by atoms with van der Waals surface area (Å²) in [5.74, 6) is 0.435. The Morgan fingerprint density at radius 1 is 1.29 bits per heavy atom. The van der Waals surface area contributed by atoms with Crippen LogP contribution in [0.4, 0.5) is 0 Å². The molecule has 1 aromatic carbocycles. The van der Waals surface area contributed by atoms with Crippen LogP contribution in [0.25, 0.3) is 10.9 Å². The fraction of sp³-hybridized carbons (Fsp3) is 0.188. The summed E-state index contributed by atoms with van der Waals surface area (Å²) in [6, 6.07) is 9.36. The standard InChI is InChI=1S/C16H15N3O2/c1-3-21-12-8-11(9-17-10-12)16(20)15-13-6-4-5-7-14(13)19(2)18-15/h4-10H,3H2,1-2H3. The van der Waals surface area contributed by atoms with Crippen LogP contribution in [0.1, 0.15) is 23.0 Å². The molecule has 0 aliphatic rings. The molecule has 5 heteroatoms. The molecule has 0 amide bonds. The van der Waals surface area contributed by atoms with E-state index in [1.807, 2.05) is 38.2 Å². The second-order valence-electron chi connectivity index (χ2n) is 4.66. The first-order valence-corrected chi connectivity index (χ1v) is 6.75. The number of nitrogens with zero attached hydrogens (tertiary/aromatic N) is 3. The average Bonchev–Trinajstić information content (AvgIpc) is 2.85. The van der Waals surface area contributed by atoms with Gasteiger partial charge in [-0.2, -0.15) is 5.10 Å². The number of aryl methyl sites for hydroxylation is 1. The van der Waals surface area contributed by atoms with Crippen molar-refractivity contribution in [2.24, 2.45) is 7.05 Å². The third-order valence-electron chi connectivity index (χ3n) is 3.26. The minimum Gasteiger partial charge on any atom is -0.492 e. The molecule has 0 fully saturated rings. The molecule has 106 valence electrons. The van der Waals surface area contributed by atoms with E-state index in [1.54, 1.807) is 16.9 Å². The molecule has 0 radical (unpaired) electrons. The first-order chi connectivity index (χ1) is 10.2. The molecule has 0 unspecified atom stereocenters. The molecule has 0 bridgehead atoms. The molecule has 2 heterocycles. The smallest absolute Gasteiger partial charge is 0.215 e. The molecule has 0 aliphatic carbocycles. The van der Waals surface area contributed by atoms with Gasteiger partial charge in [-0.25, -0.2) is 0 Å². The lowest BCUT2D eigenvalue weighted by atomic mass is 10.1.